The zero-order valence-corrected chi connectivity index (χ0v) is 13.0. The summed E-state index contributed by atoms with van der Waals surface area (Å²) in [4.78, 5) is 13.7. The van der Waals surface area contributed by atoms with Gasteiger partial charge in [-0.3, -0.25) is 0 Å². The molecule has 5 heteroatoms. The van der Waals surface area contributed by atoms with Crippen molar-refractivity contribution < 1.29 is 9.90 Å². The van der Waals surface area contributed by atoms with Gasteiger partial charge in [-0.05, 0) is 43.4 Å². The van der Waals surface area contributed by atoms with Gasteiger partial charge in [0.15, 0.2) is 0 Å². The lowest BCUT2D eigenvalue weighted by atomic mass is 10.0. The molecule has 0 spiro atoms. The van der Waals surface area contributed by atoms with Gasteiger partial charge in [0.05, 0.1) is 0 Å². The molecule has 1 aromatic rings. The van der Waals surface area contributed by atoms with Crippen LogP contribution in [0.3, 0.4) is 0 Å². The highest BCUT2D eigenvalue weighted by Crippen LogP contribution is 2.17. The summed E-state index contributed by atoms with van der Waals surface area (Å²) in [6.45, 7) is 6.00. The maximum absolute atomic E-state index is 11.1. The van der Waals surface area contributed by atoms with E-state index in [2.05, 4.69) is 38.2 Å². The number of carboxylic acids is 1. The van der Waals surface area contributed by atoms with Gasteiger partial charge in [0.25, 0.3) is 0 Å². The molecule has 2 N–H and O–H groups in total. The molecule has 1 rings (SSSR count). The number of nitrogens with zero attached hydrogens (tertiary/aromatic N) is 1. The van der Waals surface area contributed by atoms with Crippen molar-refractivity contribution in [2.75, 3.05) is 20.6 Å². The van der Waals surface area contributed by atoms with E-state index in [9.17, 15) is 4.79 Å². The van der Waals surface area contributed by atoms with Crippen molar-refractivity contribution in [2.45, 2.75) is 32.9 Å². The summed E-state index contributed by atoms with van der Waals surface area (Å²) in [7, 11) is 4.12. The van der Waals surface area contributed by atoms with Gasteiger partial charge in [-0.2, -0.15) is 0 Å². The first kappa shape index (κ1) is 16.1. The van der Waals surface area contributed by atoms with E-state index in [0.29, 0.717) is 23.4 Å². The van der Waals surface area contributed by atoms with Gasteiger partial charge in [0.2, 0.25) is 0 Å². The zero-order chi connectivity index (χ0) is 14.4. The Balaban J connectivity index is 2.59. The van der Waals surface area contributed by atoms with Gasteiger partial charge in [-0.1, -0.05) is 13.8 Å². The molecule has 0 saturated heterocycles. The molecule has 1 heterocycles. The molecule has 0 aliphatic carbocycles. The molecule has 0 saturated carbocycles. The van der Waals surface area contributed by atoms with Crippen LogP contribution in [0.5, 0.6) is 0 Å². The van der Waals surface area contributed by atoms with Crippen LogP contribution in [-0.2, 0) is 6.54 Å². The summed E-state index contributed by atoms with van der Waals surface area (Å²) in [5.41, 5.74) is 0.880. The lowest BCUT2D eigenvalue weighted by Crippen LogP contribution is -2.38. The Kier molecular flexibility index (Phi) is 6.48. The monoisotopic (exact) mass is 284 g/mol. The molecule has 4 nitrogen and oxygen atoms in total. The number of nitrogens with one attached hydrogen (secondary N) is 1. The third-order valence-electron chi connectivity index (χ3n) is 2.86. The second kappa shape index (κ2) is 7.62. The Labute approximate surface area is 119 Å². The number of carboxylic acid groups (broad SMARTS) is 1. The third-order valence-corrected chi connectivity index (χ3v) is 3.81. The van der Waals surface area contributed by atoms with Crippen LogP contribution in [0.15, 0.2) is 11.4 Å². The summed E-state index contributed by atoms with van der Waals surface area (Å²) in [6, 6.07) is 2.28. The van der Waals surface area contributed by atoms with Crippen LogP contribution >= 0.6 is 11.3 Å². The highest BCUT2D eigenvalue weighted by atomic mass is 32.1. The second-order valence-corrected chi connectivity index (χ2v) is 6.47. The zero-order valence-electron chi connectivity index (χ0n) is 12.1. The van der Waals surface area contributed by atoms with E-state index in [-0.39, 0.29) is 0 Å². The average Bonchev–Trinajstić information content (AvgIpc) is 2.72. The fourth-order valence-corrected chi connectivity index (χ4v) is 2.91. The van der Waals surface area contributed by atoms with Crippen LogP contribution in [0.1, 0.15) is 35.5 Å². The number of aromatic carboxylic acids is 1. The van der Waals surface area contributed by atoms with E-state index >= 15 is 0 Å². The van der Waals surface area contributed by atoms with Gasteiger partial charge < -0.3 is 15.3 Å². The maximum atomic E-state index is 11.1. The van der Waals surface area contributed by atoms with E-state index in [0.717, 1.165) is 18.5 Å². The molecule has 0 bridgehead atoms. The number of hydrogen-bond donors (Lipinski definition) is 2. The molecule has 1 aromatic heterocycles. The van der Waals surface area contributed by atoms with Gasteiger partial charge >= 0.3 is 5.97 Å². The first-order chi connectivity index (χ1) is 8.90. The van der Waals surface area contributed by atoms with Crippen molar-refractivity contribution in [2.24, 2.45) is 5.92 Å². The molecule has 108 valence electrons. The summed E-state index contributed by atoms with van der Waals surface area (Å²) >= 11 is 1.29. The van der Waals surface area contributed by atoms with Crippen LogP contribution in [-0.4, -0.2) is 42.7 Å². The summed E-state index contributed by atoms with van der Waals surface area (Å²) in [6.07, 6.45) is 1.09. The molecular formula is C14H24N2O2S. The molecule has 0 radical (unpaired) electrons. The average molecular weight is 284 g/mol. The van der Waals surface area contributed by atoms with Crippen LogP contribution in [0.2, 0.25) is 0 Å². The number of hydrogen-bond acceptors (Lipinski definition) is 4. The van der Waals surface area contributed by atoms with E-state index in [1.54, 1.807) is 0 Å². The van der Waals surface area contributed by atoms with Crippen molar-refractivity contribution in [1.82, 2.24) is 10.2 Å². The van der Waals surface area contributed by atoms with Crippen LogP contribution < -0.4 is 5.32 Å². The Hall–Kier alpha value is -0.910. The predicted octanol–water partition coefficient (Wildman–Crippen LogP) is 2.51. The number of rotatable bonds is 8. The first-order valence-corrected chi connectivity index (χ1v) is 7.46. The van der Waals surface area contributed by atoms with Crippen LogP contribution in [0.25, 0.3) is 0 Å². The first-order valence-electron chi connectivity index (χ1n) is 6.58. The van der Waals surface area contributed by atoms with Gasteiger partial charge in [-0.15, -0.1) is 11.3 Å². The molecule has 19 heavy (non-hydrogen) atoms. The molecular weight excluding hydrogens is 260 g/mol. The largest absolute Gasteiger partial charge is 0.477 e. The quantitative estimate of drug-likeness (QED) is 0.770. The van der Waals surface area contributed by atoms with Crippen molar-refractivity contribution in [3.63, 3.8) is 0 Å². The normalized spacial score (nSPS) is 13.2. The van der Waals surface area contributed by atoms with Crippen molar-refractivity contribution >= 4 is 17.3 Å². The molecule has 0 amide bonds. The fraction of sp³-hybridized carbons (Fsp3) is 0.643. The Morgan fingerprint density at radius 1 is 1.47 bits per heavy atom. The topological polar surface area (TPSA) is 52.6 Å². The minimum absolute atomic E-state index is 0.386. The van der Waals surface area contributed by atoms with Crippen molar-refractivity contribution in [3.05, 3.63) is 21.9 Å². The lowest BCUT2D eigenvalue weighted by molar-refractivity contribution is 0.0701. The highest BCUT2D eigenvalue weighted by Gasteiger charge is 2.15. The lowest BCUT2D eigenvalue weighted by Gasteiger charge is -2.24. The molecule has 0 fully saturated rings. The van der Waals surface area contributed by atoms with Gasteiger partial charge in [0.1, 0.15) is 4.88 Å². The van der Waals surface area contributed by atoms with Crippen molar-refractivity contribution in [1.29, 1.82) is 0 Å². The summed E-state index contributed by atoms with van der Waals surface area (Å²) < 4.78 is 0. The van der Waals surface area contributed by atoms with E-state index in [4.69, 9.17) is 5.11 Å². The maximum Gasteiger partial charge on any atom is 0.346 e. The third kappa shape index (κ3) is 5.72. The van der Waals surface area contributed by atoms with E-state index < -0.39 is 5.97 Å². The summed E-state index contributed by atoms with van der Waals surface area (Å²) in [5, 5.41) is 14.4. The number of thiophene rings is 1. The molecule has 1 unspecified atom stereocenters. The van der Waals surface area contributed by atoms with E-state index in [1.807, 2.05) is 11.4 Å². The Morgan fingerprint density at radius 2 is 2.16 bits per heavy atom. The number of carbonyl (C=O) groups is 1. The van der Waals surface area contributed by atoms with Crippen LogP contribution in [0, 0.1) is 5.92 Å². The molecule has 0 aliphatic rings. The van der Waals surface area contributed by atoms with Gasteiger partial charge in [0, 0.05) is 19.1 Å². The van der Waals surface area contributed by atoms with Crippen molar-refractivity contribution in [3.8, 4) is 0 Å². The minimum Gasteiger partial charge on any atom is -0.477 e. The highest BCUT2D eigenvalue weighted by molar-refractivity contribution is 7.12. The number of likely N-dealkylation sites (N-methyl/N-ethyl adjacent to an activating group) is 1. The second-order valence-electron chi connectivity index (χ2n) is 5.55. The van der Waals surface area contributed by atoms with Gasteiger partial charge in [-0.25, -0.2) is 4.79 Å². The fourth-order valence-electron chi connectivity index (χ4n) is 2.15. The van der Waals surface area contributed by atoms with E-state index in [1.165, 1.54) is 11.3 Å². The molecule has 0 aromatic carbocycles. The SMILES string of the molecule is CC(C)CC(CN(C)C)NCc1ccsc1C(=O)O. The molecule has 1 atom stereocenters. The predicted molar refractivity (Wildman–Crippen MR) is 79.9 cm³/mol. The smallest absolute Gasteiger partial charge is 0.346 e. The Bertz CT molecular complexity index is 392. The van der Waals surface area contributed by atoms with Crippen LogP contribution in [0.4, 0.5) is 0 Å². The standard InChI is InChI=1S/C14H24N2O2S/c1-10(2)7-12(9-16(3)4)15-8-11-5-6-19-13(11)14(17)18/h5-6,10,12,15H,7-9H2,1-4H3,(H,17,18). The Morgan fingerprint density at radius 3 is 2.68 bits per heavy atom. The minimum atomic E-state index is -0.834. The molecule has 0 aliphatic heterocycles. The summed E-state index contributed by atoms with van der Waals surface area (Å²) in [5.74, 6) is -0.210.